The molecule has 38 heavy (non-hydrogen) atoms. The van der Waals surface area contributed by atoms with Crippen LogP contribution in [0.25, 0.3) is 0 Å². The summed E-state index contributed by atoms with van der Waals surface area (Å²) < 4.78 is 19.6. The van der Waals surface area contributed by atoms with Crippen LogP contribution >= 0.6 is 23.2 Å². The van der Waals surface area contributed by atoms with Gasteiger partial charge in [-0.15, -0.1) is 0 Å². The summed E-state index contributed by atoms with van der Waals surface area (Å²) in [6.07, 6.45) is 4.04. The summed E-state index contributed by atoms with van der Waals surface area (Å²) in [6, 6.07) is 7.72. The summed E-state index contributed by atoms with van der Waals surface area (Å²) in [5, 5.41) is 3.64. The van der Waals surface area contributed by atoms with E-state index in [1.54, 1.807) is 18.3 Å². The fourth-order valence-electron chi connectivity index (χ4n) is 5.52. The molecule has 0 radical (unpaired) electrons. The number of likely N-dealkylation sites (tertiary alicyclic amines) is 1. The number of piperidine rings is 1. The molecule has 7 nitrogen and oxygen atoms in total. The van der Waals surface area contributed by atoms with Gasteiger partial charge in [-0.25, -0.2) is 14.2 Å². The number of ether oxygens (including phenoxy) is 1. The number of carbonyl (C=O) groups is 1. The summed E-state index contributed by atoms with van der Waals surface area (Å²) >= 11 is 12.6. The van der Waals surface area contributed by atoms with Gasteiger partial charge in [-0.3, -0.25) is 9.80 Å². The Labute approximate surface area is 235 Å². The Kier molecular flexibility index (Phi) is 10.1. The quantitative estimate of drug-likeness (QED) is 0.430. The zero-order valence-electron chi connectivity index (χ0n) is 22.4. The number of nitrogens with zero attached hydrogens (tertiary/aromatic N) is 4. The fraction of sp³-hybridized carbons (Fsp3) is 0.571. The molecule has 0 saturated carbocycles. The second kappa shape index (κ2) is 13.3. The lowest BCUT2D eigenvalue weighted by molar-refractivity contribution is 0.0607. The van der Waals surface area contributed by atoms with Crippen LogP contribution in [0.15, 0.2) is 30.5 Å². The summed E-state index contributed by atoms with van der Waals surface area (Å²) in [4.78, 5) is 23.7. The van der Waals surface area contributed by atoms with Gasteiger partial charge in [0.05, 0.1) is 5.02 Å². The molecule has 2 saturated heterocycles. The number of pyridine rings is 1. The zero-order chi connectivity index (χ0) is 27.2. The monoisotopic (exact) mass is 565 g/mol. The summed E-state index contributed by atoms with van der Waals surface area (Å²) in [6.45, 7) is 11.6. The van der Waals surface area contributed by atoms with Crippen LogP contribution in [0.5, 0.6) is 0 Å². The molecule has 1 amide bonds. The Morgan fingerprint density at radius 2 is 1.95 bits per heavy atom. The first kappa shape index (κ1) is 28.9. The SMILES string of the molecule is CCNC(=O)OC(C)c1cnc(N2CCN(C3CCN(Cc4ccc(Cl)cc4F)CC3)[C@@H](CC)C2)c(Cl)c1. The Morgan fingerprint density at radius 1 is 1.18 bits per heavy atom. The Balaban J connectivity index is 1.32. The average molecular weight is 567 g/mol. The van der Waals surface area contributed by atoms with E-state index in [1.807, 2.05) is 19.9 Å². The van der Waals surface area contributed by atoms with Crippen LogP contribution in [0.4, 0.5) is 15.0 Å². The number of hydrogen-bond acceptors (Lipinski definition) is 6. The summed E-state index contributed by atoms with van der Waals surface area (Å²) in [5.74, 6) is 0.546. The van der Waals surface area contributed by atoms with Crippen molar-refractivity contribution in [3.05, 3.63) is 57.5 Å². The van der Waals surface area contributed by atoms with Gasteiger partial charge in [0, 0.05) is 67.2 Å². The van der Waals surface area contributed by atoms with Gasteiger partial charge in [-0.05, 0) is 64.4 Å². The van der Waals surface area contributed by atoms with E-state index in [9.17, 15) is 9.18 Å². The van der Waals surface area contributed by atoms with E-state index in [-0.39, 0.29) is 5.82 Å². The standard InChI is InChI=1S/C28H38Cl2FN5O2/c1-4-23-18-35(27-25(30)14-21(16-33-27)19(3)38-28(37)32-5-2)12-13-36(23)24-8-10-34(11-9-24)17-20-6-7-22(29)15-26(20)31/h6-7,14-16,19,23-24H,4-5,8-13,17-18H2,1-3H3,(H,32,37)/t19?,23-/m0/s1. The lowest BCUT2D eigenvalue weighted by atomic mass is 9.97. The van der Waals surface area contributed by atoms with Crippen molar-refractivity contribution < 1.29 is 13.9 Å². The third-order valence-electron chi connectivity index (χ3n) is 7.65. The first-order valence-corrected chi connectivity index (χ1v) is 14.3. The molecule has 4 rings (SSSR count). The number of anilines is 1. The van der Waals surface area contributed by atoms with E-state index in [2.05, 4.69) is 31.9 Å². The molecule has 208 valence electrons. The predicted molar refractivity (Wildman–Crippen MR) is 151 cm³/mol. The van der Waals surface area contributed by atoms with Crippen molar-refractivity contribution in [1.29, 1.82) is 0 Å². The predicted octanol–water partition coefficient (Wildman–Crippen LogP) is 5.90. The van der Waals surface area contributed by atoms with Gasteiger partial charge in [0.15, 0.2) is 0 Å². The molecule has 1 aromatic heterocycles. The van der Waals surface area contributed by atoms with Crippen LogP contribution < -0.4 is 10.2 Å². The Bertz CT molecular complexity index is 1100. The highest BCUT2D eigenvalue weighted by molar-refractivity contribution is 6.33. The van der Waals surface area contributed by atoms with Crippen molar-refractivity contribution in [3.8, 4) is 0 Å². The molecule has 2 fully saturated rings. The van der Waals surface area contributed by atoms with Crippen LogP contribution in [-0.2, 0) is 11.3 Å². The van der Waals surface area contributed by atoms with Gasteiger partial charge in [-0.1, -0.05) is 36.2 Å². The molecule has 1 N–H and O–H groups in total. The van der Waals surface area contributed by atoms with Gasteiger partial charge in [0.25, 0.3) is 0 Å². The minimum atomic E-state index is -0.454. The molecule has 2 atom stereocenters. The summed E-state index contributed by atoms with van der Waals surface area (Å²) in [5.41, 5.74) is 1.47. The van der Waals surface area contributed by atoms with Crippen LogP contribution in [-0.4, -0.2) is 72.2 Å². The number of aromatic nitrogens is 1. The maximum Gasteiger partial charge on any atom is 0.407 e. The van der Waals surface area contributed by atoms with Crippen molar-refractivity contribution in [3.63, 3.8) is 0 Å². The zero-order valence-corrected chi connectivity index (χ0v) is 23.9. The average Bonchev–Trinajstić information content (AvgIpc) is 2.90. The van der Waals surface area contributed by atoms with E-state index in [0.29, 0.717) is 40.8 Å². The number of nitrogens with one attached hydrogen (secondary N) is 1. The lowest BCUT2D eigenvalue weighted by Gasteiger charge is -2.47. The van der Waals surface area contributed by atoms with Crippen molar-refractivity contribution in [2.24, 2.45) is 0 Å². The maximum absolute atomic E-state index is 14.3. The van der Waals surface area contributed by atoms with E-state index in [4.69, 9.17) is 27.9 Å². The second-order valence-electron chi connectivity index (χ2n) is 10.1. The van der Waals surface area contributed by atoms with E-state index in [0.717, 1.165) is 63.4 Å². The number of hydrogen-bond donors (Lipinski definition) is 1. The van der Waals surface area contributed by atoms with E-state index in [1.165, 1.54) is 6.07 Å². The summed E-state index contributed by atoms with van der Waals surface area (Å²) in [7, 11) is 0. The van der Waals surface area contributed by atoms with Gasteiger partial charge in [-0.2, -0.15) is 0 Å². The van der Waals surface area contributed by atoms with E-state index >= 15 is 0 Å². The third-order valence-corrected chi connectivity index (χ3v) is 8.16. The highest BCUT2D eigenvalue weighted by Gasteiger charge is 2.34. The molecule has 3 heterocycles. The Morgan fingerprint density at radius 3 is 2.61 bits per heavy atom. The van der Waals surface area contributed by atoms with Gasteiger partial charge in [0.1, 0.15) is 17.7 Å². The number of halogens is 3. The molecule has 2 aliphatic heterocycles. The van der Waals surface area contributed by atoms with Gasteiger partial charge in [0.2, 0.25) is 0 Å². The molecular weight excluding hydrogens is 528 g/mol. The van der Waals surface area contributed by atoms with Crippen LogP contribution in [0.3, 0.4) is 0 Å². The molecule has 1 aromatic carbocycles. The Hall–Kier alpha value is -2.13. The minimum absolute atomic E-state index is 0.230. The molecule has 2 aliphatic rings. The molecule has 0 spiro atoms. The van der Waals surface area contributed by atoms with Crippen molar-refractivity contribution in [2.45, 2.75) is 64.8 Å². The first-order chi connectivity index (χ1) is 18.3. The van der Waals surface area contributed by atoms with Crippen molar-refractivity contribution in [2.75, 3.05) is 44.2 Å². The fourth-order valence-corrected chi connectivity index (χ4v) is 5.97. The highest BCUT2D eigenvalue weighted by atomic mass is 35.5. The maximum atomic E-state index is 14.3. The molecular formula is C28H38Cl2FN5O2. The van der Waals surface area contributed by atoms with Crippen molar-refractivity contribution >= 4 is 35.1 Å². The topological polar surface area (TPSA) is 60.9 Å². The highest BCUT2D eigenvalue weighted by Crippen LogP contribution is 2.31. The second-order valence-corrected chi connectivity index (χ2v) is 11.0. The lowest BCUT2D eigenvalue weighted by Crippen LogP contribution is -2.58. The van der Waals surface area contributed by atoms with Gasteiger partial charge >= 0.3 is 6.09 Å². The molecule has 0 bridgehead atoms. The van der Waals surface area contributed by atoms with Crippen LogP contribution in [0, 0.1) is 5.82 Å². The van der Waals surface area contributed by atoms with Crippen LogP contribution in [0.2, 0.25) is 10.0 Å². The molecule has 2 aromatic rings. The van der Waals surface area contributed by atoms with E-state index < -0.39 is 12.2 Å². The first-order valence-electron chi connectivity index (χ1n) is 13.6. The van der Waals surface area contributed by atoms with Crippen LogP contribution in [0.1, 0.15) is 57.3 Å². The molecule has 1 unspecified atom stereocenters. The normalized spacial score (nSPS) is 20.4. The minimum Gasteiger partial charge on any atom is -0.442 e. The number of benzene rings is 1. The van der Waals surface area contributed by atoms with Gasteiger partial charge < -0.3 is 15.0 Å². The number of amides is 1. The molecule has 10 heteroatoms. The van der Waals surface area contributed by atoms with Crippen molar-refractivity contribution in [1.82, 2.24) is 20.1 Å². The largest absolute Gasteiger partial charge is 0.442 e. The number of alkyl carbamates (subject to hydrolysis) is 1. The number of piperazine rings is 1. The molecule has 0 aliphatic carbocycles. The smallest absolute Gasteiger partial charge is 0.407 e. The number of rotatable bonds is 8. The third kappa shape index (κ3) is 7.08. The number of carbonyl (C=O) groups excluding carboxylic acids is 1.